The second-order valence-electron chi connectivity index (χ2n) is 9.18. The predicted molar refractivity (Wildman–Crippen MR) is 153 cm³/mol. The zero-order chi connectivity index (χ0) is 26.5. The van der Waals surface area contributed by atoms with Crippen LogP contribution in [0.15, 0.2) is 107 Å². The van der Waals surface area contributed by atoms with E-state index in [-0.39, 0.29) is 0 Å². The Balaban J connectivity index is 1.32. The van der Waals surface area contributed by atoms with Gasteiger partial charge in [0.15, 0.2) is 0 Å². The van der Waals surface area contributed by atoms with E-state index in [0.29, 0.717) is 15.4 Å². The maximum absolute atomic E-state index is 13.4. The third kappa shape index (κ3) is 5.83. The number of methoxy groups -OCH3 is 1. The summed E-state index contributed by atoms with van der Waals surface area (Å²) in [6.07, 6.45) is 0. The molecular formula is C31H29ClN2O3S. The average Bonchev–Trinajstić information content (AvgIpc) is 2.98. The molecule has 194 valence electrons. The van der Waals surface area contributed by atoms with Crippen LogP contribution in [-0.2, 0) is 22.1 Å². The lowest BCUT2D eigenvalue weighted by molar-refractivity contribution is 0.0596. The smallest absolute Gasteiger partial charge is 0.339 e. The van der Waals surface area contributed by atoms with Gasteiger partial charge in [0.05, 0.1) is 28.4 Å². The minimum Gasteiger partial charge on any atom is -0.465 e. The quantitative estimate of drug-likeness (QED) is 0.256. The molecule has 0 saturated carbocycles. The molecule has 5 nitrogen and oxygen atoms in total. The molecule has 0 bridgehead atoms. The van der Waals surface area contributed by atoms with Gasteiger partial charge in [0.25, 0.3) is 0 Å². The summed E-state index contributed by atoms with van der Waals surface area (Å²) in [6, 6.07) is 31.2. The molecule has 4 aromatic carbocycles. The lowest BCUT2D eigenvalue weighted by atomic mass is 9.99. The molecule has 1 atom stereocenters. The van der Waals surface area contributed by atoms with E-state index in [2.05, 4.69) is 46.2 Å². The molecule has 0 aromatic heterocycles. The molecule has 1 unspecified atom stereocenters. The molecule has 4 aromatic rings. The Morgan fingerprint density at radius 2 is 1.55 bits per heavy atom. The summed E-state index contributed by atoms with van der Waals surface area (Å²) in [6.45, 7) is 4.31. The number of carbonyl (C=O) groups is 1. The van der Waals surface area contributed by atoms with Crippen LogP contribution in [0.3, 0.4) is 0 Å². The Labute approximate surface area is 231 Å². The third-order valence-electron chi connectivity index (χ3n) is 6.83. The molecular weight excluding hydrogens is 516 g/mol. The highest BCUT2D eigenvalue weighted by molar-refractivity contribution is 7.85. The first-order valence-corrected chi connectivity index (χ1v) is 14.1. The number of carbonyl (C=O) groups excluding carboxylic acids is 1. The van der Waals surface area contributed by atoms with E-state index >= 15 is 0 Å². The number of benzene rings is 4. The van der Waals surface area contributed by atoms with Gasteiger partial charge in [-0.15, -0.1) is 0 Å². The number of nitrogens with zero attached hydrogens (tertiary/aromatic N) is 2. The number of esters is 1. The molecule has 1 saturated heterocycles. The Bertz CT molecular complexity index is 1440. The molecule has 0 N–H and O–H groups in total. The first-order chi connectivity index (χ1) is 18.5. The van der Waals surface area contributed by atoms with Crippen LogP contribution in [0.4, 0.5) is 5.69 Å². The van der Waals surface area contributed by atoms with Crippen molar-refractivity contribution in [1.29, 1.82) is 0 Å². The van der Waals surface area contributed by atoms with E-state index < -0.39 is 16.8 Å². The zero-order valence-electron chi connectivity index (χ0n) is 21.2. The monoisotopic (exact) mass is 544 g/mol. The third-order valence-corrected chi connectivity index (χ3v) is 8.52. The highest BCUT2D eigenvalue weighted by Crippen LogP contribution is 2.29. The summed E-state index contributed by atoms with van der Waals surface area (Å²) in [5.74, 6) is -0.486. The van der Waals surface area contributed by atoms with Crippen LogP contribution in [0.5, 0.6) is 0 Å². The maximum atomic E-state index is 13.4. The molecule has 1 aliphatic rings. The fraction of sp³-hybridized carbons (Fsp3) is 0.194. The van der Waals surface area contributed by atoms with E-state index in [1.165, 1.54) is 18.2 Å². The summed E-state index contributed by atoms with van der Waals surface area (Å²) in [4.78, 5) is 18.3. The number of anilines is 1. The Morgan fingerprint density at radius 1 is 0.868 bits per heavy atom. The molecule has 0 radical (unpaired) electrons. The Hall–Kier alpha value is -3.45. The topological polar surface area (TPSA) is 49.9 Å². The predicted octanol–water partition coefficient (Wildman–Crippen LogP) is 6.28. The second kappa shape index (κ2) is 11.9. The van der Waals surface area contributed by atoms with Crippen LogP contribution in [0.1, 0.15) is 15.9 Å². The number of hydrogen-bond acceptors (Lipinski definition) is 5. The minimum atomic E-state index is -1.50. The Kier molecular flexibility index (Phi) is 8.23. The van der Waals surface area contributed by atoms with Crippen LogP contribution in [-0.4, -0.2) is 48.4 Å². The van der Waals surface area contributed by atoms with Gasteiger partial charge in [-0.25, -0.2) is 9.00 Å². The number of piperazine rings is 1. The Morgan fingerprint density at radius 3 is 2.26 bits per heavy atom. The van der Waals surface area contributed by atoms with Gasteiger partial charge < -0.3 is 9.64 Å². The largest absolute Gasteiger partial charge is 0.465 e. The van der Waals surface area contributed by atoms with Crippen molar-refractivity contribution in [2.75, 3.05) is 38.2 Å². The fourth-order valence-electron chi connectivity index (χ4n) is 4.79. The van der Waals surface area contributed by atoms with Crippen molar-refractivity contribution in [2.24, 2.45) is 0 Å². The van der Waals surface area contributed by atoms with Gasteiger partial charge in [0.2, 0.25) is 0 Å². The van der Waals surface area contributed by atoms with Gasteiger partial charge in [-0.1, -0.05) is 66.2 Å². The van der Waals surface area contributed by atoms with Crippen LogP contribution >= 0.6 is 11.6 Å². The molecule has 1 aliphatic heterocycles. The van der Waals surface area contributed by atoms with Crippen molar-refractivity contribution < 1.29 is 13.7 Å². The first kappa shape index (κ1) is 26.2. The molecule has 0 spiro atoms. The molecule has 0 aliphatic carbocycles. The lowest BCUT2D eigenvalue weighted by Crippen LogP contribution is -2.46. The number of halogens is 1. The molecule has 1 fully saturated rings. The van der Waals surface area contributed by atoms with Crippen molar-refractivity contribution in [2.45, 2.75) is 16.3 Å². The van der Waals surface area contributed by atoms with E-state index in [1.807, 2.05) is 54.6 Å². The average molecular weight is 545 g/mol. The minimum absolute atomic E-state index is 0.330. The highest BCUT2D eigenvalue weighted by atomic mass is 35.5. The van der Waals surface area contributed by atoms with Gasteiger partial charge >= 0.3 is 5.97 Å². The summed E-state index contributed by atoms with van der Waals surface area (Å²) >= 11 is 6.10. The molecule has 0 amide bonds. The second-order valence-corrected chi connectivity index (χ2v) is 11.1. The van der Waals surface area contributed by atoms with E-state index in [9.17, 15) is 9.00 Å². The van der Waals surface area contributed by atoms with E-state index in [1.54, 1.807) is 6.07 Å². The van der Waals surface area contributed by atoms with Crippen LogP contribution < -0.4 is 4.90 Å². The maximum Gasteiger partial charge on any atom is 0.339 e. The van der Waals surface area contributed by atoms with Crippen molar-refractivity contribution in [3.05, 3.63) is 113 Å². The number of hydrogen-bond donors (Lipinski definition) is 0. The van der Waals surface area contributed by atoms with Crippen LogP contribution in [0.25, 0.3) is 11.1 Å². The lowest BCUT2D eigenvalue weighted by Gasteiger charge is -2.36. The SMILES string of the molecule is COC(=O)c1ccc(N2CCN(Cc3ccccc3-c3ccc(Cl)cc3)CC2)cc1S(=O)c1ccccc1. The van der Waals surface area contributed by atoms with Crippen LogP contribution in [0.2, 0.25) is 5.02 Å². The van der Waals surface area contributed by atoms with Gasteiger partial charge in [-0.05, 0) is 59.2 Å². The summed E-state index contributed by atoms with van der Waals surface area (Å²) in [7, 11) is -0.154. The van der Waals surface area contributed by atoms with Crippen molar-refractivity contribution in [3.63, 3.8) is 0 Å². The van der Waals surface area contributed by atoms with Crippen molar-refractivity contribution in [3.8, 4) is 11.1 Å². The van der Waals surface area contributed by atoms with Gasteiger partial charge in [0.1, 0.15) is 0 Å². The van der Waals surface area contributed by atoms with E-state index in [4.69, 9.17) is 16.3 Å². The molecule has 38 heavy (non-hydrogen) atoms. The number of rotatable bonds is 7. The standard InChI is InChI=1S/C31H29ClN2O3S/c1-37-31(35)29-16-15-26(21-30(29)38(36)27-8-3-2-4-9-27)34-19-17-33(18-20-34)22-24-7-5-6-10-28(24)23-11-13-25(32)14-12-23/h2-16,21H,17-20,22H2,1H3. The summed E-state index contributed by atoms with van der Waals surface area (Å²) < 4.78 is 18.4. The molecule has 5 rings (SSSR count). The normalized spacial score (nSPS) is 14.7. The zero-order valence-corrected chi connectivity index (χ0v) is 22.8. The first-order valence-electron chi connectivity index (χ1n) is 12.5. The fourth-order valence-corrected chi connectivity index (χ4v) is 6.15. The van der Waals surface area contributed by atoms with E-state index in [0.717, 1.165) is 49.0 Å². The van der Waals surface area contributed by atoms with Gasteiger partial charge in [-0.3, -0.25) is 4.90 Å². The van der Waals surface area contributed by atoms with Crippen molar-refractivity contribution in [1.82, 2.24) is 4.90 Å². The summed E-state index contributed by atoms with van der Waals surface area (Å²) in [5.41, 5.74) is 4.95. The van der Waals surface area contributed by atoms with Crippen molar-refractivity contribution >= 4 is 34.1 Å². The number of ether oxygens (including phenoxy) is 1. The molecule has 7 heteroatoms. The van der Waals surface area contributed by atoms with Gasteiger partial charge in [-0.2, -0.15) is 0 Å². The highest BCUT2D eigenvalue weighted by Gasteiger charge is 2.23. The molecule has 1 heterocycles. The summed E-state index contributed by atoms with van der Waals surface area (Å²) in [5, 5.41) is 0.734. The van der Waals surface area contributed by atoms with Crippen LogP contribution in [0, 0.1) is 0 Å². The van der Waals surface area contributed by atoms with Gasteiger partial charge in [0, 0.05) is 48.3 Å².